The summed E-state index contributed by atoms with van der Waals surface area (Å²) in [6.07, 6.45) is 9.60. The van der Waals surface area contributed by atoms with Crippen LogP contribution in [-0.4, -0.2) is 22.6 Å². The van der Waals surface area contributed by atoms with Crippen LogP contribution in [0.5, 0.6) is 0 Å². The fourth-order valence-corrected chi connectivity index (χ4v) is 7.06. The van der Waals surface area contributed by atoms with Crippen LogP contribution in [0.1, 0.15) is 84.0 Å². The molecule has 29 heavy (non-hydrogen) atoms. The lowest BCUT2D eigenvalue weighted by atomic mass is 9.53. The van der Waals surface area contributed by atoms with Crippen LogP contribution in [0.2, 0.25) is 0 Å². The molecule has 0 amide bonds. The molecular weight excluding hydrogens is 388 g/mol. The van der Waals surface area contributed by atoms with Gasteiger partial charge in [0.05, 0.1) is 5.03 Å². The molecular formula is C24H31ClO4. The first-order valence-corrected chi connectivity index (χ1v) is 11.6. The molecule has 0 aromatic heterocycles. The number of rotatable bonds is 6. The number of carboxylic acids is 1. The zero-order chi connectivity index (χ0) is 20.8. The van der Waals surface area contributed by atoms with E-state index >= 15 is 0 Å². The summed E-state index contributed by atoms with van der Waals surface area (Å²) in [7, 11) is 0. The first kappa shape index (κ1) is 20.8. The normalized spacial score (nSPS) is 34.2. The highest BCUT2D eigenvalue weighted by atomic mass is 35.5. The average molecular weight is 419 g/mol. The smallest absolute Gasteiger partial charge is 0.303 e. The Morgan fingerprint density at radius 1 is 1.07 bits per heavy atom. The number of carbonyl (C=O) groups is 3. The van der Waals surface area contributed by atoms with Crippen molar-refractivity contribution in [2.75, 3.05) is 0 Å². The van der Waals surface area contributed by atoms with Crippen LogP contribution < -0.4 is 0 Å². The maximum absolute atomic E-state index is 12.8. The number of aliphatic carboxylic acids is 1. The molecule has 4 nitrogen and oxygen atoms in total. The number of fused-ring (bicyclic) bond motifs is 4. The fourth-order valence-electron chi connectivity index (χ4n) is 6.76. The summed E-state index contributed by atoms with van der Waals surface area (Å²) in [4.78, 5) is 35.8. The van der Waals surface area contributed by atoms with Crippen molar-refractivity contribution in [1.82, 2.24) is 0 Å². The molecule has 0 spiro atoms. The molecule has 0 aromatic carbocycles. The minimum atomic E-state index is -0.733. The van der Waals surface area contributed by atoms with Gasteiger partial charge in [0, 0.05) is 24.7 Å². The minimum Gasteiger partial charge on any atom is -0.481 e. The lowest BCUT2D eigenvalue weighted by molar-refractivity contribution is -0.137. The molecule has 0 aromatic rings. The molecule has 4 atom stereocenters. The lowest BCUT2D eigenvalue weighted by Crippen LogP contribution is -2.44. The first-order valence-electron chi connectivity index (χ1n) is 11.2. The Bertz CT molecular complexity index is 808. The molecule has 0 unspecified atom stereocenters. The van der Waals surface area contributed by atoms with E-state index in [4.69, 9.17) is 16.7 Å². The second-order valence-electron chi connectivity index (χ2n) is 9.67. The van der Waals surface area contributed by atoms with Crippen molar-refractivity contribution in [3.8, 4) is 0 Å². The third-order valence-electron chi connectivity index (χ3n) is 8.11. The molecule has 2 fully saturated rings. The van der Waals surface area contributed by atoms with E-state index in [1.807, 2.05) is 0 Å². The first-order chi connectivity index (χ1) is 13.8. The highest BCUT2D eigenvalue weighted by Crippen LogP contribution is 2.61. The molecule has 5 heteroatoms. The van der Waals surface area contributed by atoms with Gasteiger partial charge < -0.3 is 5.11 Å². The van der Waals surface area contributed by atoms with Crippen molar-refractivity contribution in [2.45, 2.75) is 84.0 Å². The number of carbonyl (C=O) groups excluding carboxylic acids is 2. The third kappa shape index (κ3) is 3.62. The van der Waals surface area contributed by atoms with Gasteiger partial charge in [-0.1, -0.05) is 36.9 Å². The summed E-state index contributed by atoms with van der Waals surface area (Å²) in [5, 5.41) is 9.32. The summed E-state index contributed by atoms with van der Waals surface area (Å²) in [6, 6.07) is 0. The molecule has 0 radical (unpaired) electrons. The second-order valence-corrected chi connectivity index (χ2v) is 10.1. The minimum absolute atomic E-state index is 0.0754. The van der Waals surface area contributed by atoms with Gasteiger partial charge in [-0.2, -0.15) is 0 Å². The van der Waals surface area contributed by atoms with E-state index in [-0.39, 0.29) is 17.6 Å². The molecule has 1 N–H and O–H groups in total. The SMILES string of the molecule is C[C@]12C[C@H](CCCCCC(=O)O)C3=C4CCC(=O)C(Cl)=C4CC[C@H]3[C@@H]1CCC2=O. The standard InChI is InChI=1S/C24H31ClO4/c1-24-13-14(5-3-2-4-6-21(28)29)22-15-9-11-19(26)23(25)16(15)7-8-17(22)18(24)10-12-20(24)27/h14,17-18H,2-13H2,1H3,(H,28,29)/t14-,17-,18-,24-/m0/s1. The van der Waals surface area contributed by atoms with Crippen LogP contribution in [0.25, 0.3) is 0 Å². The molecule has 4 aliphatic rings. The van der Waals surface area contributed by atoms with Crippen LogP contribution >= 0.6 is 11.6 Å². The summed E-state index contributed by atoms with van der Waals surface area (Å²) in [5.41, 5.74) is 3.71. The fraction of sp³-hybridized carbons (Fsp3) is 0.708. The number of hydrogen-bond donors (Lipinski definition) is 1. The van der Waals surface area contributed by atoms with Crippen LogP contribution in [-0.2, 0) is 14.4 Å². The Hall–Kier alpha value is -1.42. The van der Waals surface area contributed by atoms with Gasteiger partial charge in [0.25, 0.3) is 0 Å². The summed E-state index contributed by atoms with van der Waals surface area (Å²) < 4.78 is 0. The molecule has 158 valence electrons. The third-order valence-corrected chi connectivity index (χ3v) is 8.55. The largest absolute Gasteiger partial charge is 0.481 e. The van der Waals surface area contributed by atoms with Crippen LogP contribution in [0.3, 0.4) is 0 Å². The van der Waals surface area contributed by atoms with Crippen LogP contribution in [0, 0.1) is 23.2 Å². The van der Waals surface area contributed by atoms with Gasteiger partial charge in [0.1, 0.15) is 5.78 Å². The molecule has 0 heterocycles. The van der Waals surface area contributed by atoms with Gasteiger partial charge in [-0.05, 0) is 73.8 Å². The maximum Gasteiger partial charge on any atom is 0.303 e. The van der Waals surface area contributed by atoms with Crippen molar-refractivity contribution in [1.29, 1.82) is 0 Å². The van der Waals surface area contributed by atoms with Crippen molar-refractivity contribution >= 4 is 29.1 Å². The Morgan fingerprint density at radius 2 is 1.86 bits per heavy atom. The highest BCUT2D eigenvalue weighted by molar-refractivity contribution is 6.43. The Labute approximate surface area is 177 Å². The number of hydrogen-bond acceptors (Lipinski definition) is 3. The predicted molar refractivity (Wildman–Crippen MR) is 112 cm³/mol. The van der Waals surface area contributed by atoms with E-state index in [9.17, 15) is 14.4 Å². The van der Waals surface area contributed by atoms with Gasteiger partial charge in [0.15, 0.2) is 5.78 Å². The van der Waals surface area contributed by atoms with E-state index < -0.39 is 5.97 Å². The highest BCUT2D eigenvalue weighted by Gasteiger charge is 2.56. The van der Waals surface area contributed by atoms with Gasteiger partial charge >= 0.3 is 5.97 Å². The number of ketones is 2. The summed E-state index contributed by atoms with van der Waals surface area (Å²) in [6.45, 7) is 2.19. The second kappa shape index (κ2) is 8.02. The van der Waals surface area contributed by atoms with Crippen molar-refractivity contribution in [3.05, 3.63) is 21.8 Å². The van der Waals surface area contributed by atoms with Gasteiger partial charge in [-0.25, -0.2) is 0 Å². The summed E-state index contributed by atoms with van der Waals surface area (Å²) >= 11 is 6.44. The maximum atomic E-state index is 12.8. The Balaban J connectivity index is 1.64. The van der Waals surface area contributed by atoms with E-state index in [1.54, 1.807) is 0 Å². The predicted octanol–water partition coefficient (Wildman–Crippen LogP) is 5.59. The molecule has 4 rings (SSSR count). The summed E-state index contributed by atoms with van der Waals surface area (Å²) in [5.74, 6) is 1.01. The van der Waals surface area contributed by atoms with E-state index in [1.165, 1.54) is 11.1 Å². The number of unbranched alkanes of at least 4 members (excludes halogenated alkanes) is 2. The van der Waals surface area contributed by atoms with Gasteiger partial charge in [0.2, 0.25) is 0 Å². The van der Waals surface area contributed by atoms with E-state index in [0.29, 0.717) is 47.8 Å². The van der Waals surface area contributed by atoms with Gasteiger partial charge in [-0.15, -0.1) is 0 Å². The van der Waals surface area contributed by atoms with Crippen molar-refractivity contribution < 1.29 is 19.5 Å². The Kier molecular flexibility index (Phi) is 5.76. The topological polar surface area (TPSA) is 71.4 Å². The quantitative estimate of drug-likeness (QED) is 0.570. The molecule has 0 saturated heterocycles. The number of Topliss-reactive ketones (excluding diaryl/α,β-unsaturated/α-hetero) is 2. The molecule has 4 aliphatic carbocycles. The van der Waals surface area contributed by atoms with Crippen LogP contribution in [0.4, 0.5) is 0 Å². The number of allylic oxidation sites excluding steroid dienone is 4. The Morgan fingerprint density at radius 3 is 2.62 bits per heavy atom. The number of carboxylic acid groups (broad SMARTS) is 1. The van der Waals surface area contributed by atoms with E-state index in [0.717, 1.165) is 56.9 Å². The zero-order valence-electron chi connectivity index (χ0n) is 17.3. The van der Waals surface area contributed by atoms with Crippen molar-refractivity contribution in [2.24, 2.45) is 23.2 Å². The zero-order valence-corrected chi connectivity index (χ0v) is 18.0. The molecule has 0 aliphatic heterocycles. The lowest BCUT2D eigenvalue weighted by Gasteiger charge is -2.50. The van der Waals surface area contributed by atoms with E-state index in [2.05, 4.69) is 6.92 Å². The van der Waals surface area contributed by atoms with Crippen LogP contribution in [0.15, 0.2) is 21.8 Å². The molecule has 2 saturated carbocycles. The number of halogens is 1. The average Bonchev–Trinajstić information content (AvgIpc) is 2.98. The monoisotopic (exact) mass is 418 g/mol. The molecule has 0 bridgehead atoms. The van der Waals surface area contributed by atoms with Crippen molar-refractivity contribution in [3.63, 3.8) is 0 Å². The van der Waals surface area contributed by atoms with Gasteiger partial charge in [-0.3, -0.25) is 14.4 Å².